The van der Waals surface area contributed by atoms with Crippen LogP contribution >= 0.6 is 0 Å². The first-order valence-electron chi connectivity index (χ1n) is 7.00. The molecule has 11 heteroatoms. The highest BCUT2D eigenvalue weighted by molar-refractivity contribution is 7.92. The van der Waals surface area contributed by atoms with Crippen molar-refractivity contribution in [2.75, 3.05) is 31.2 Å². The SMILES string of the molecule is CCN(CCCNc1ccccc1S(=O)(=O)C(F)(F)F)S(C)(=O)=O. The Kier molecular flexibility index (Phi) is 6.65. The van der Waals surface area contributed by atoms with Gasteiger partial charge in [0, 0.05) is 19.6 Å². The molecule has 6 nitrogen and oxygen atoms in total. The molecule has 138 valence electrons. The van der Waals surface area contributed by atoms with E-state index in [1.165, 1.54) is 22.5 Å². The van der Waals surface area contributed by atoms with Gasteiger partial charge in [0.05, 0.1) is 16.8 Å². The highest BCUT2D eigenvalue weighted by Gasteiger charge is 2.47. The van der Waals surface area contributed by atoms with E-state index in [9.17, 15) is 30.0 Å². The third-order valence-corrected chi connectivity index (χ3v) is 6.13. The summed E-state index contributed by atoms with van der Waals surface area (Å²) in [6, 6.07) is 4.71. The van der Waals surface area contributed by atoms with Gasteiger partial charge in [0.1, 0.15) is 0 Å². The molecule has 0 atom stereocenters. The summed E-state index contributed by atoms with van der Waals surface area (Å²) in [5, 5.41) is 2.62. The van der Waals surface area contributed by atoms with Crippen LogP contribution in [0, 0.1) is 0 Å². The topological polar surface area (TPSA) is 83.6 Å². The summed E-state index contributed by atoms with van der Waals surface area (Å²) in [6.07, 6.45) is 1.37. The van der Waals surface area contributed by atoms with E-state index in [1.54, 1.807) is 6.92 Å². The molecule has 0 aromatic heterocycles. The van der Waals surface area contributed by atoms with E-state index in [1.807, 2.05) is 0 Å². The number of sulfonamides is 1. The number of nitrogens with one attached hydrogen (secondary N) is 1. The van der Waals surface area contributed by atoms with E-state index >= 15 is 0 Å². The van der Waals surface area contributed by atoms with Gasteiger partial charge in [-0.3, -0.25) is 0 Å². The first-order valence-corrected chi connectivity index (χ1v) is 10.3. The number of anilines is 1. The lowest BCUT2D eigenvalue weighted by molar-refractivity contribution is -0.0435. The Morgan fingerprint density at radius 3 is 2.21 bits per heavy atom. The van der Waals surface area contributed by atoms with Gasteiger partial charge in [0.15, 0.2) is 0 Å². The van der Waals surface area contributed by atoms with Crippen molar-refractivity contribution in [1.82, 2.24) is 4.31 Å². The molecule has 0 unspecified atom stereocenters. The van der Waals surface area contributed by atoms with Crippen LogP contribution in [-0.4, -0.2) is 52.5 Å². The molecular weight excluding hydrogens is 369 g/mol. The highest BCUT2D eigenvalue weighted by atomic mass is 32.2. The first kappa shape index (κ1) is 20.7. The van der Waals surface area contributed by atoms with Gasteiger partial charge >= 0.3 is 5.51 Å². The molecule has 24 heavy (non-hydrogen) atoms. The molecule has 1 rings (SSSR count). The Labute approximate surface area is 139 Å². The number of rotatable bonds is 8. The van der Waals surface area contributed by atoms with Crippen LogP contribution in [0.15, 0.2) is 29.2 Å². The summed E-state index contributed by atoms with van der Waals surface area (Å²) in [4.78, 5) is -0.854. The van der Waals surface area contributed by atoms with Crippen LogP contribution in [0.4, 0.5) is 18.9 Å². The van der Waals surface area contributed by atoms with Crippen molar-refractivity contribution in [2.24, 2.45) is 0 Å². The molecule has 0 amide bonds. The lowest BCUT2D eigenvalue weighted by Gasteiger charge is -2.18. The molecule has 0 fully saturated rings. The molecule has 0 aliphatic carbocycles. The average molecular weight is 388 g/mol. The second-order valence-corrected chi connectivity index (χ2v) is 8.87. The third-order valence-electron chi connectivity index (χ3n) is 3.20. The quantitative estimate of drug-likeness (QED) is 0.690. The van der Waals surface area contributed by atoms with Gasteiger partial charge in [-0.1, -0.05) is 19.1 Å². The number of alkyl halides is 3. The van der Waals surface area contributed by atoms with E-state index in [0.717, 1.165) is 12.3 Å². The number of halogens is 3. The van der Waals surface area contributed by atoms with E-state index in [-0.39, 0.29) is 25.3 Å². The minimum atomic E-state index is -5.46. The van der Waals surface area contributed by atoms with Crippen LogP contribution in [0.5, 0.6) is 0 Å². The number of sulfone groups is 1. The fraction of sp³-hybridized carbons (Fsp3) is 0.538. The molecule has 0 saturated heterocycles. The van der Waals surface area contributed by atoms with Gasteiger partial charge in [-0.15, -0.1) is 0 Å². The first-order chi connectivity index (χ1) is 10.9. The highest BCUT2D eigenvalue weighted by Crippen LogP contribution is 2.34. The van der Waals surface area contributed by atoms with Crippen molar-refractivity contribution in [1.29, 1.82) is 0 Å². The smallest absolute Gasteiger partial charge is 0.384 e. The van der Waals surface area contributed by atoms with Gasteiger partial charge in [-0.25, -0.2) is 21.1 Å². The number of hydrogen-bond acceptors (Lipinski definition) is 5. The summed E-state index contributed by atoms with van der Waals surface area (Å²) < 4.78 is 85.2. The molecule has 0 aliphatic heterocycles. The Morgan fingerprint density at radius 1 is 1.12 bits per heavy atom. The number of benzene rings is 1. The van der Waals surface area contributed by atoms with Gasteiger partial charge in [0.25, 0.3) is 9.84 Å². The van der Waals surface area contributed by atoms with E-state index < -0.39 is 30.3 Å². The van der Waals surface area contributed by atoms with Crippen LogP contribution < -0.4 is 5.32 Å². The lowest BCUT2D eigenvalue weighted by Crippen LogP contribution is -2.31. The molecule has 0 spiro atoms. The van der Waals surface area contributed by atoms with Crippen LogP contribution in [0.2, 0.25) is 0 Å². The minimum Gasteiger partial charge on any atom is -0.384 e. The van der Waals surface area contributed by atoms with Crippen LogP contribution in [-0.2, 0) is 19.9 Å². The summed E-state index contributed by atoms with van der Waals surface area (Å²) in [7, 11) is -8.81. The third kappa shape index (κ3) is 5.08. The second-order valence-electron chi connectivity index (χ2n) is 4.98. The fourth-order valence-electron chi connectivity index (χ4n) is 2.01. The maximum absolute atomic E-state index is 12.7. The normalized spacial score (nSPS) is 13.2. The fourth-order valence-corrected chi connectivity index (χ4v) is 3.88. The molecule has 0 saturated carbocycles. The zero-order valence-corrected chi connectivity index (χ0v) is 14.8. The van der Waals surface area contributed by atoms with Gasteiger partial charge in [0.2, 0.25) is 10.0 Å². The maximum Gasteiger partial charge on any atom is 0.501 e. The Morgan fingerprint density at radius 2 is 1.71 bits per heavy atom. The molecule has 0 heterocycles. The molecule has 1 N–H and O–H groups in total. The van der Waals surface area contributed by atoms with Crippen molar-refractivity contribution in [2.45, 2.75) is 23.7 Å². The van der Waals surface area contributed by atoms with Crippen LogP contribution in [0.3, 0.4) is 0 Å². The average Bonchev–Trinajstić information content (AvgIpc) is 2.45. The zero-order valence-electron chi connectivity index (χ0n) is 13.2. The van der Waals surface area contributed by atoms with Crippen molar-refractivity contribution >= 4 is 25.5 Å². The monoisotopic (exact) mass is 388 g/mol. The Bertz CT molecular complexity index is 762. The Balaban J connectivity index is 2.82. The number of nitrogens with zero attached hydrogens (tertiary/aromatic N) is 1. The second kappa shape index (κ2) is 7.70. The number of hydrogen-bond donors (Lipinski definition) is 1. The molecule has 0 aliphatic rings. The molecule has 1 aromatic carbocycles. The lowest BCUT2D eigenvalue weighted by atomic mass is 10.3. The molecule has 1 aromatic rings. The molecule has 0 bridgehead atoms. The predicted octanol–water partition coefficient (Wildman–Crippen LogP) is 2.06. The van der Waals surface area contributed by atoms with Crippen molar-refractivity contribution < 1.29 is 30.0 Å². The molecule has 0 radical (unpaired) electrons. The summed E-state index contributed by atoms with van der Waals surface area (Å²) in [5.74, 6) is 0. The Hall–Kier alpha value is -1.33. The number of para-hydroxylation sites is 1. The van der Waals surface area contributed by atoms with Crippen molar-refractivity contribution in [3.63, 3.8) is 0 Å². The maximum atomic E-state index is 12.7. The van der Waals surface area contributed by atoms with Crippen molar-refractivity contribution in [3.8, 4) is 0 Å². The minimum absolute atomic E-state index is 0.121. The standard InChI is InChI=1S/C13H19F3N2O4S2/c1-3-18(23(2,19)20)10-6-9-17-11-7-4-5-8-12(11)24(21,22)13(14,15)16/h4-5,7-8,17H,3,6,9-10H2,1-2H3. The van der Waals surface area contributed by atoms with Gasteiger partial charge < -0.3 is 5.32 Å². The van der Waals surface area contributed by atoms with Gasteiger partial charge in [-0.05, 0) is 18.6 Å². The summed E-state index contributed by atoms with van der Waals surface area (Å²) in [5.41, 5.74) is -5.56. The predicted molar refractivity (Wildman–Crippen MR) is 84.9 cm³/mol. The van der Waals surface area contributed by atoms with E-state index in [0.29, 0.717) is 6.42 Å². The van der Waals surface area contributed by atoms with E-state index in [4.69, 9.17) is 0 Å². The molecular formula is C13H19F3N2O4S2. The zero-order chi connectivity index (χ0) is 18.6. The van der Waals surface area contributed by atoms with Crippen LogP contribution in [0.25, 0.3) is 0 Å². The van der Waals surface area contributed by atoms with Crippen molar-refractivity contribution in [3.05, 3.63) is 24.3 Å². The van der Waals surface area contributed by atoms with Crippen LogP contribution in [0.1, 0.15) is 13.3 Å². The summed E-state index contributed by atoms with van der Waals surface area (Å²) in [6.45, 7) is 2.24. The largest absolute Gasteiger partial charge is 0.501 e. The van der Waals surface area contributed by atoms with Gasteiger partial charge in [-0.2, -0.15) is 13.2 Å². The summed E-state index contributed by atoms with van der Waals surface area (Å²) >= 11 is 0. The van der Waals surface area contributed by atoms with E-state index in [2.05, 4.69) is 5.32 Å².